The first-order valence-corrected chi connectivity index (χ1v) is 9.06. The van der Waals surface area contributed by atoms with Crippen molar-refractivity contribution in [2.45, 2.75) is 25.4 Å². The van der Waals surface area contributed by atoms with Gasteiger partial charge in [-0.3, -0.25) is 0 Å². The zero-order valence-corrected chi connectivity index (χ0v) is 15.0. The van der Waals surface area contributed by atoms with Crippen LogP contribution < -0.4 is 9.47 Å². The molecular weight excluding hydrogens is 332 g/mol. The van der Waals surface area contributed by atoms with Crippen LogP contribution in [0.1, 0.15) is 30.9 Å². The minimum Gasteiger partial charge on any atom is -0.493 e. The van der Waals surface area contributed by atoms with Crippen molar-refractivity contribution in [3.05, 3.63) is 70.7 Å². The lowest BCUT2D eigenvalue weighted by molar-refractivity contribution is -0.0123. The van der Waals surface area contributed by atoms with E-state index in [0.717, 1.165) is 27.3 Å². The normalized spacial score (nSPS) is 23.0. The molecule has 2 aliphatic heterocycles. The number of hydrogen-bond acceptors (Lipinski definition) is 2. The van der Waals surface area contributed by atoms with Crippen LogP contribution in [0.5, 0.6) is 11.5 Å². The summed E-state index contributed by atoms with van der Waals surface area (Å²) in [6.45, 7) is 4.97. The Morgan fingerprint density at radius 2 is 1.68 bits per heavy atom. The molecule has 0 aliphatic carbocycles. The van der Waals surface area contributed by atoms with Crippen molar-refractivity contribution in [1.29, 1.82) is 0 Å². The van der Waals surface area contributed by atoms with E-state index in [9.17, 15) is 0 Å². The molecule has 2 heterocycles. The summed E-state index contributed by atoms with van der Waals surface area (Å²) in [6, 6.07) is 18.6. The van der Waals surface area contributed by atoms with Crippen molar-refractivity contribution in [3.8, 4) is 11.5 Å². The molecule has 2 atom stereocenters. The molecule has 2 aliphatic rings. The number of benzene rings is 3. The zero-order valence-electron chi connectivity index (χ0n) is 14.3. The highest BCUT2D eigenvalue weighted by Gasteiger charge is 2.48. The maximum atomic E-state index is 6.64. The van der Waals surface area contributed by atoms with Crippen LogP contribution in [0, 0.1) is 5.92 Å². The maximum absolute atomic E-state index is 6.64. The van der Waals surface area contributed by atoms with Crippen LogP contribution in [0.2, 0.25) is 5.02 Å². The molecule has 3 heteroatoms. The third kappa shape index (κ3) is 2.10. The molecule has 0 fully saturated rings. The van der Waals surface area contributed by atoms with E-state index in [4.69, 9.17) is 21.1 Å². The van der Waals surface area contributed by atoms with Crippen molar-refractivity contribution in [2.75, 3.05) is 6.61 Å². The van der Waals surface area contributed by atoms with Crippen molar-refractivity contribution in [3.63, 3.8) is 0 Å². The van der Waals surface area contributed by atoms with Gasteiger partial charge in [0.15, 0.2) is 0 Å². The highest BCUT2D eigenvalue weighted by atomic mass is 35.5. The minimum absolute atomic E-state index is 0.228. The molecule has 0 unspecified atom stereocenters. The SMILES string of the molecule is CC1(C)Oc2c(cc(Cl)c3ccccc23)[C@@H]2c3ccccc3OC[C@@H]21. The standard InChI is InChI=1S/C22H19ClO2/c1-22(2)17-12-24-19-10-6-5-9-15(19)20(17)16-11-18(23)13-7-3-4-8-14(13)21(16)25-22/h3-11,17,20H,12H2,1-2H3/t17-,20-/m0/s1. The smallest absolute Gasteiger partial charge is 0.131 e. The van der Waals surface area contributed by atoms with Crippen LogP contribution in [-0.4, -0.2) is 12.2 Å². The van der Waals surface area contributed by atoms with E-state index < -0.39 is 0 Å². The van der Waals surface area contributed by atoms with Gasteiger partial charge in [0, 0.05) is 38.8 Å². The lowest BCUT2D eigenvalue weighted by atomic mass is 9.69. The molecule has 0 N–H and O–H groups in total. The Kier molecular flexibility index (Phi) is 3.11. The second-order valence-corrected chi connectivity index (χ2v) is 7.87. The van der Waals surface area contributed by atoms with Crippen LogP contribution >= 0.6 is 11.6 Å². The summed E-state index contributed by atoms with van der Waals surface area (Å²) >= 11 is 6.64. The highest BCUT2D eigenvalue weighted by Crippen LogP contribution is 2.55. The molecule has 0 amide bonds. The highest BCUT2D eigenvalue weighted by molar-refractivity contribution is 6.36. The Morgan fingerprint density at radius 1 is 0.960 bits per heavy atom. The first kappa shape index (κ1) is 15.1. The molecule has 0 spiro atoms. The number of fused-ring (bicyclic) bond motifs is 7. The predicted molar refractivity (Wildman–Crippen MR) is 101 cm³/mol. The molecule has 3 aromatic carbocycles. The van der Waals surface area contributed by atoms with Crippen molar-refractivity contribution >= 4 is 22.4 Å². The molecule has 5 rings (SSSR count). The summed E-state index contributed by atoms with van der Waals surface area (Å²) in [4.78, 5) is 0. The molecule has 2 nitrogen and oxygen atoms in total. The van der Waals surface area contributed by atoms with Gasteiger partial charge in [-0.2, -0.15) is 0 Å². The molecule has 0 aromatic heterocycles. The van der Waals surface area contributed by atoms with E-state index in [1.54, 1.807) is 0 Å². The van der Waals surface area contributed by atoms with E-state index >= 15 is 0 Å². The average Bonchev–Trinajstić information content (AvgIpc) is 2.62. The minimum atomic E-state index is -0.318. The van der Waals surface area contributed by atoms with Crippen LogP contribution in [0.4, 0.5) is 0 Å². The van der Waals surface area contributed by atoms with Crippen LogP contribution in [-0.2, 0) is 0 Å². The third-order valence-electron chi connectivity index (χ3n) is 5.64. The van der Waals surface area contributed by atoms with Gasteiger partial charge < -0.3 is 9.47 Å². The molecule has 3 aromatic rings. The Hall–Kier alpha value is -2.19. The van der Waals surface area contributed by atoms with E-state index in [1.807, 2.05) is 18.2 Å². The largest absolute Gasteiger partial charge is 0.493 e. The maximum Gasteiger partial charge on any atom is 0.131 e. The first-order chi connectivity index (χ1) is 12.1. The summed E-state index contributed by atoms with van der Waals surface area (Å²) < 4.78 is 12.6. The van der Waals surface area contributed by atoms with Gasteiger partial charge in [0.25, 0.3) is 0 Å². The second kappa shape index (κ2) is 5.15. The molecular formula is C22H19ClO2. The number of ether oxygens (including phenoxy) is 2. The zero-order chi connectivity index (χ0) is 17.2. The number of hydrogen-bond donors (Lipinski definition) is 0. The molecule has 25 heavy (non-hydrogen) atoms. The number of para-hydroxylation sites is 1. The van der Waals surface area contributed by atoms with Gasteiger partial charge in [-0.05, 0) is 26.0 Å². The van der Waals surface area contributed by atoms with Gasteiger partial charge in [0.1, 0.15) is 17.1 Å². The predicted octanol–water partition coefficient (Wildman–Crippen LogP) is 5.80. The summed E-state index contributed by atoms with van der Waals surface area (Å²) in [5.74, 6) is 2.40. The van der Waals surface area contributed by atoms with E-state index in [1.165, 1.54) is 11.1 Å². The Balaban J connectivity index is 1.85. The summed E-state index contributed by atoms with van der Waals surface area (Å²) in [5.41, 5.74) is 2.08. The molecule has 0 radical (unpaired) electrons. The second-order valence-electron chi connectivity index (χ2n) is 7.46. The lowest BCUT2D eigenvalue weighted by Crippen LogP contribution is -2.49. The van der Waals surface area contributed by atoms with E-state index in [2.05, 4.69) is 50.2 Å². The average molecular weight is 351 g/mol. The van der Waals surface area contributed by atoms with Gasteiger partial charge in [-0.1, -0.05) is 54.1 Å². The van der Waals surface area contributed by atoms with Crippen LogP contribution in [0.25, 0.3) is 10.8 Å². The third-order valence-corrected chi connectivity index (χ3v) is 5.95. The van der Waals surface area contributed by atoms with Gasteiger partial charge in [-0.15, -0.1) is 0 Å². The van der Waals surface area contributed by atoms with Gasteiger partial charge in [0.05, 0.1) is 6.61 Å². The van der Waals surface area contributed by atoms with Crippen molar-refractivity contribution in [2.24, 2.45) is 5.92 Å². The van der Waals surface area contributed by atoms with Gasteiger partial charge in [0.2, 0.25) is 0 Å². The summed E-state index contributed by atoms with van der Waals surface area (Å²) in [5, 5.41) is 2.90. The first-order valence-electron chi connectivity index (χ1n) is 8.68. The fourth-order valence-electron chi connectivity index (χ4n) is 4.36. The molecule has 0 bridgehead atoms. The van der Waals surface area contributed by atoms with Gasteiger partial charge >= 0.3 is 0 Å². The monoisotopic (exact) mass is 350 g/mol. The quantitative estimate of drug-likeness (QED) is 0.509. The Morgan fingerprint density at radius 3 is 2.52 bits per heavy atom. The number of rotatable bonds is 0. The number of halogens is 1. The topological polar surface area (TPSA) is 18.5 Å². The summed E-state index contributed by atoms with van der Waals surface area (Å²) in [7, 11) is 0. The van der Waals surface area contributed by atoms with Crippen molar-refractivity contribution in [1.82, 2.24) is 0 Å². The van der Waals surface area contributed by atoms with E-state index in [-0.39, 0.29) is 17.4 Å². The molecule has 126 valence electrons. The fraction of sp³-hybridized carbons (Fsp3) is 0.273. The van der Waals surface area contributed by atoms with Gasteiger partial charge in [-0.25, -0.2) is 0 Å². The Labute approximate surface area is 152 Å². The van der Waals surface area contributed by atoms with Crippen LogP contribution in [0.3, 0.4) is 0 Å². The van der Waals surface area contributed by atoms with Crippen LogP contribution in [0.15, 0.2) is 54.6 Å². The Bertz CT molecular complexity index is 992. The van der Waals surface area contributed by atoms with Crippen molar-refractivity contribution < 1.29 is 9.47 Å². The molecule has 0 saturated heterocycles. The lowest BCUT2D eigenvalue weighted by Gasteiger charge is -2.47. The molecule has 0 saturated carbocycles. The fourth-order valence-corrected chi connectivity index (χ4v) is 4.64. The van der Waals surface area contributed by atoms with E-state index in [0.29, 0.717) is 6.61 Å². The summed E-state index contributed by atoms with van der Waals surface area (Å²) in [6.07, 6.45) is 0.